The summed E-state index contributed by atoms with van der Waals surface area (Å²) in [6.45, 7) is 5.34. The standard InChI is InChI=1S/C17H21ClN2O2/c18-16-6-2-1-5-15(16)17(21)13-20-9-7-19(8-10-20)12-14-4-3-11-22-14/h1-6,11,17,21H,7-10,12-13H2. The molecule has 5 heteroatoms. The smallest absolute Gasteiger partial charge is 0.117 e. The van der Waals surface area contributed by atoms with Gasteiger partial charge < -0.3 is 9.52 Å². The molecular weight excluding hydrogens is 300 g/mol. The minimum absolute atomic E-state index is 0.537. The molecule has 1 N–H and O–H groups in total. The SMILES string of the molecule is OC(CN1CCN(Cc2ccco2)CC1)c1ccccc1Cl. The Morgan fingerprint density at radius 3 is 2.45 bits per heavy atom. The highest BCUT2D eigenvalue weighted by atomic mass is 35.5. The van der Waals surface area contributed by atoms with Crippen LogP contribution in [0.1, 0.15) is 17.4 Å². The van der Waals surface area contributed by atoms with Gasteiger partial charge >= 0.3 is 0 Å². The Morgan fingerprint density at radius 2 is 1.77 bits per heavy atom. The van der Waals surface area contributed by atoms with Gasteiger partial charge in [0.15, 0.2) is 0 Å². The summed E-state index contributed by atoms with van der Waals surface area (Å²) < 4.78 is 5.39. The molecule has 1 atom stereocenters. The van der Waals surface area contributed by atoms with Crippen molar-refractivity contribution < 1.29 is 9.52 Å². The largest absolute Gasteiger partial charge is 0.468 e. The molecule has 4 nitrogen and oxygen atoms in total. The molecule has 1 fully saturated rings. The van der Waals surface area contributed by atoms with Crippen molar-refractivity contribution in [3.8, 4) is 0 Å². The second-order valence-corrected chi connectivity index (χ2v) is 6.10. The van der Waals surface area contributed by atoms with Crippen LogP contribution in [0.25, 0.3) is 0 Å². The lowest BCUT2D eigenvalue weighted by Gasteiger charge is -2.35. The molecule has 3 rings (SSSR count). The number of aliphatic hydroxyl groups excluding tert-OH is 1. The van der Waals surface area contributed by atoms with Gasteiger partial charge in [-0.15, -0.1) is 0 Å². The Labute approximate surface area is 135 Å². The maximum Gasteiger partial charge on any atom is 0.117 e. The molecule has 1 aliphatic rings. The van der Waals surface area contributed by atoms with Gasteiger partial charge in [-0.25, -0.2) is 0 Å². The number of β-amino-alcohol motifs (C(OH)–C–C–N with tert-alkyl or cyclic N) is 1. The Kier molecular flexibility index (Phi) is 5.16. The van der Waals surface area contributed by atoms with E-state index in [0.29, 0.717) is 11.6 Å². The quantitative estimate of drug-likeness (QED) is 0.919. The first-order valence-corrected chi connectivity index (χ1v) is 8.00. The van der Waals surface area contributed by atoms with Crippen molar-refractivity contribution in [2.24, 2.45) is 0 Å². The number of benzene rings is 1. The molecule has 0 bridgehead atoms. The van der Waals surface area contributed by atoms with Gasteiger partial charge in [-0.05, 0) is 18.2 Å². The van der Waals surface area contributed by atoms with Gasteiger partial charge in [0.25, 0.3) is 0 Å². The predicted molar refractivity (Wildman–Crippen MR) is 86.8 cm³/mol. The molecule has 1 aromatic heterocycles. The Bertz CT molecular complexity index is 580. The molecule has 1 saturated heterocycles. The maximum atomic E-state index is 10.4. The molecule has 1 unspecified atom stereocenters. The fourth-order valence-corrected chi connectivity index (χ4v) is 3.10. The number of aliphatic hydroxyl groups is 1. The minimum atomic E-state index is -0.537. The molecule has 0 radical (unpaired) electrons. The first-order chi connectivity index (χ1) is 10.7. The molecule has 0 amide bonds. The van der Waals surface area contributed by atoms with Crippen LogP contribution >= 0.6 is 11.6 Å². The van der Waals surface area contributed by atoms with E-state index in [4.69, 9.17) is 16.0 Å². The van der Waals surface area contributed by atoms with E-state index in [1.165, 1.54) is 0 Å². The van der Waals surface area contributed by atoms with E-state index >= 15 is 0 Å². The molecule has 118 valence electrons. The van der Waals surface area contributed by atoms with Crippen LogP contribution in [0.4, 0.5) is 0 Å². The molecule has 2 heterocycles. The number of piperazine rings is 1. The monoisotopic (exact) mass is 320 g/mol. The van der Waals surface area contributed by atoms with Crippen molar-refractivity contribution in [3.05, 3.63) is 59.0 Å². The molecule has 0 spiro atoms. The third kappa shape index (κ3) is 3.90. The summed E-state index contributed by atoms with van der Waals surface area (Å²) in [6, 6.07) is 11.4. The molecule has 2 aromatic rings. The van der Waals surface area contributed by atoms with E-state index in [-0.39, 0.29) is 0 Å². The van der Waals surface area contributed by atoms with E-state index in [1.54, 1.807) is 6.26 Å². The summed E-state index contributed by atoms with van der Waals surface area (Å²) in [7, 11) is 0. The van der Waals surface area contributed by atoms with Crippen molar-refractivity contribution in [1.82, 2.24) is 9.80 Å². The molecule has 1 aromatic carbocycles. The second kappa shape index (κ2) is 7.29. The Hall–Kier alpha value is -1.33. The van der Waals surface area contributed by atoms with Crippen LogP contribution in [0.5, 0.6) is 0 Å². The number of furan rings is 1. The number of halogens is 1. The number of hydrogen-bond donors (Lipinski definition) is 1. The number of nitrogens with zero attached hydrogens (tertiary/aromatic N) is 2. The van der Waals surface area contributed by atoms with Crippen LogP contribution < -0.4 is 0 Å². The van der Waals surface area contributed by atoms with Crippen LogP contribution in [0.3, 0.4) is 0 Å². The van der Waals surface area contributed by atoms with Crippen LogP contribution in [0, 0.1) is 0 Å². The van der Waals surface area contributed by atoms with Crippen molar-refractivity contribution in [2.75, 3.05) is 32.7 Å². The molecule has 1 aliphatic heterocycles. The van der Waals surface area contributed by atoms with Gasteiger partial charge in [-0.3, -0.25) is 9.80 Å². The topological polar surface area (TPSA) is 39.9 Å². The molecule has 0 saturated carbocycles. The summed E-state index contributed by atoms with van der Waals surface area (Å²) in [6.07, 6.45) is 1.18. The van der Waals surface area contributed by atoms with E-state index in [2.05, 4.69) is 9.80 Å². The minimum Gasteiger partial charge on any atom is -0.468 e. The van der Waals surface area contributed by atoms with Crippen LogP contribution in [0.2, 0.25) is 5.02 Å². The third-order valence-electron chi connectivity index (χ3n) is 4.12. The van der Waals surface area contributed by atoms with Gasteiger partial charge in [0, 0.05) is 43.3 Å². The van der Waals surface area contributed by atoms with Gasteiger partial charge in [-0.1, -0.05) is 29.8 Å². The lowest BCUT2D eigenvalue weighted by molar-refractivity contribution is 0.0678. The average Bonchev–Trinajstić information content (AvgIpc) is 3.02. The van der Waals surface area contributed by atoms with Gasteiger partial charge in [0.1, 0.15) is 5.76 Å². The zero-order valence-electron chi connectivity index (χ0n) is 12.5. The van der Waals surface area contributed by atoms with Crippen LogP contribution in [-0.2, 0) is 6.54 Å². The zero-order valence-corrected chi connectivity index (χ0v) is 13.2. The van der Waals surface area contributed by atoms with Crippen molar-refractivity contribution >= 4 is 11.6 Å². The fraction of sp³-hybridized carbons (Fsp3) is 0.412. The van der Waals surface area contributed by atoms with Crippen molar-refractivity contribution in [2.45, 2.75) is 12.6 Å². The van der Waals surface area contributed by atoms with Crippen molar-refractivity contribution in [3.63, 3.8) is 0 Å². The lowest BCUT2D eigenvalue weighted by atomic mass is 10.1. The first-order valence-electron chi connectivity index (χ1n) is 7.62. The summed E-state index contributed by atoms with van der Waals surface area (Å²) in [5, 5.41) is 11.0. The number of hydrogen-bond acceptors (Lipinski definition) is 4. The van der Waals surface area contributed by atoms with E-state index in [0.717, 1.165) is 44.0 Å². The summed E-state index contributed by atoms with van der Waals surface area (Å²) in [5.41, 5.74) is 0.808. The summed E-state index contributed by atoms with van der Waals surface area (Å²) in [4.78, 5) is 4.66. The molecular formula is C17H21ClN2O2. The summed E-state index contributed by atoms with van der Waals surface area (Å²) in [5.74, 6) is 1.00. The first kappa shape index (κ1) is 15.6. The van der Waals surface area contributed by atoms with Crippen LogP contribution in [0.15, 0.2) is 47.1 Å². The second-order valence-electron chi connectivity index (χ2n) is 5.69. The highest BCUT2D eigenvalue weighted by Gasteiger charge is 2.21. The normalized spacial score (nSPS) is 18.5. The van der Waals surface area contributed by atoms with Gasteiger partial charge in [-0.2, -0.15) is 0 Å². The van der Waals surface area contributed by atoms with Gasteiger partial charge in [0.2, 0.25) is 0 Å². The van der Waals surface area contributed by atoms with E-state index in [1.807, 2.05) is 36.4 Å². The van der Waals surface area contributed by atoms with Crippen LogP contribution in [-0.4, -0.2) is 47.6 Å². The zero-order chi connectivity index (χ0) is 15.4. The Morgan fingerprint density at radius 1 is 1.05 bits per heavy atom. The van der Waals surface area contributed by atoms with Crippen molar-refractivity contribution in [1.29, 1.82) is 0 Å². The highest BCUT2D eigenvalue weighted by Crippen LogP contribution is 2.23. The molecule has 22 heavy (non-hydrogen) atoms. The predicted octanol–water partition coefficient (Wildman–Crippen LogP) is 2.78. The summed E-state index contributed by atoms with van der Waals surface area (Å²) >= 11 is 6.14. The number of rotatable bonds is 5. The Balaban J connectivity index is 1.48. The highest BCUT2D eigenvalue weighted by molar-refractivity contribution is 6.31. The third-order valence-corrected chi connectivity index (χ3v) is 4.46. The maximum absolute atomic E-state index is 10.4. The van der Waals surface area contributed by atoms with Gasteiger partial charge in [0.05, 0.1) is 18.9 Å². The fourth-order valence-electron chi connectivity index (χ4n) is 2.84. The average molecular weight is 321 g/mol. The van der Waals surface area contributed by atoms with E-state index in [9.17, 15) is 5.11 Å². The van der Waals surface area contributed by atoms with E-state index < -0.39 is 6.10 Å². The molecule has 0 aliphatic carbocycles. The lowest BCUT2D eigenvalue weighted by Crippen LogP contribution is -2.47.